The van der Waals surface area contributed by atoms with E-state index in [9.17, 15) is 18.0 Å². The van der Waals surface area contributed by atoms with Gasteiger partial charge < -0.3 is 10.1 Å². The zero-order valence-corrected chi connectivity index (χ0v) is 16.2. The van der Waals surface area contributed by atoms with Crippen molar-refractivity contribution < 1.29 is 22.7 Å². The SMILES string of the molecule is COC(=O)c1ccccc1N(CC(=O)NC(C)c1ccccc1)S(C)(=O)=O. The van der Waals surface area contributed by atoms with Crippen LogP contribution in [0.5, 0.6) is 0 Å². The van der Waals surface area contributed by atoms with Crippen LogP contribution in [0.25, 0.3) is 0 Å². The van der Waals surface area contributed by atoms with Crippen LogP contribution in [-0.2, 0) is 19.6 Å². The Morgan fingerprint density at radius 2 is 1.67 bits per heavy atom. The molecule has 144 valence electrons. The number of carbonyl (C=O) groups excluding carboxylic acids is 2. The van der Waals surface area contributed by atoms with Crippen LogP contribution in [0, 0.1) is 0 Å². The van der Waals surface area contributed by atoms with Gasteiger partial charge >= 0.3 is 5.97 Å². The predicted octanol–water partition coefficient (Wildman–Crippen LogP) is 2.12. The fourth-order valence-electron chi connectivity index (χ4n) is 2.60. The summed E-state index contributed by atoms with van der Waals surface area (Å²) in [5, 5.41) is 2.77. The zero-order valence-electron chi connectivity index (χ0n) is 15.4. The van der Waals surface area contributed by atoms with E-state index in [-0.39, 0.29) is 17.3 Å². The Labute approximate surface area is 159 Å². The maximum absolute atomic E-state index is 12.5. The summed E-state index contributed by atoms with van der Waals surface area (Å²) in [7, 11) is -2.61. The Morgan fingerprint density at radius 1 is 1.07 bits per heavy atom. The minimum absolute atomic E-state index is 0.0642. The van der Waals surface area contributed by atoms with E-state index in [1.807, 2.05) is 30.3 Å². The maximum atomic E-state index is 12.5. The van der Waals surface area contributed by atoms with Crippen LogP contribution in [-0.4, -0.2) is 40.2 Å². The van der Waals surface area contributed by atoms with Gasteiger partial charge in [0, 0.05) is 0 Å². The number of sulfonamides is 1. The van der Waals surface area contributed by atoms with Gasteiger partial charge in [0.2, 0.25) is 15.9 Å². The van der Waals surface area contributed by atoms with Gasteiger partial charge in [-0.05, 0) is 24.6 Å². The Kier molecular flexibility index (Phi) is 6.57. The first-order valence-corrected chi connectivity index (χ1v) is 10.1. The van der Waals surface area contributed by atoms with Crippen molar-refractivity contribution in [2.45, 2.75) is 13.0 Å². The second-order valence-corrected chi connectivity index (χ2v) is 7.89. The summed E-state index contributed by atoms with van der Waals surface area (Å²) in [5.74, 6) is -1.17. The van der Waals surface area contributed by atoms with Crippen molar-refractivity contribution in [1.29, 1.82) is 0 Å². The summed E-state index contributed by atoms with van der Waals surface area (Å²) in [4.78, 5) is 24.4. The highest BCUT2D eigenvalue weighted by Gasteiger charge is 2.26. The first-order valence-electron chi connectivity index (χ1n) is 8.23. The van der Waals surface area contributed by atoms with Gasteiger partial charge in [0.25, 0.3) is 0 Å². The topological polar surface area (TPSA) is 92.8 Å². The van der Waals surface area contributed by atoms with Gasteiger partial charge in [0.1, 0.15) is 6.54 Å². The van der Waals surface area contributed by atoms with E-state index in [1.54, 1.807) is 19.1 Å². The largest absolute Gasteiger partial charge is 0.465 e. The molecule has 0 saturated heterocycles. The molecule has 0 bridgehead atoms. The molecular formula is C19H22N2O5S. The van der Waals surface area contributed by atoms with Gasteiger partial charge in [0.15, 0.2) is 0 Å². The molecule has 0 aliphatic heterocycles. The highest BCUT2D eigenvalue weighted by molar-refractivity contribution is 7.92. The molecule has 0 aliphatic carbocycles. The molecule has 2 aromatic rings. The average molecular weight is 390 g/mol. The van der Waals surface area contributed by atoms with Crippen molar-refractivity contribution in [1.82, 2.24) is 5.32 Å². The van der Waals surface area contributed by atoms with E-state index >= 15 is 0 Å². The standard InChI is InChI=1S/C19H22N2O5S/c1-14(15-9-5-4-6-10-15)20-18(22)13-21(27(3,24)25)17-12-8-7-11-16(17)19(23)26-2/h4-12,14H,13H2,1-3H3,(H,20,22). The van der Waals surface area contributed by atoms with Gasteiger partial charge in [-0.25, -0.2) is 13.2 Å². The molecule has 2 aromatic carbocycles. The summed E-state index contributed by atoms with van der Waals surface area (Å²) in [6.07, 6.45) is 0.981. The number of nitrogens with one attached hydrogen (secondary N) is 1. The number of para-hydroxylation sites is 1. The number of hydrogen-bond donors (Lipinski definition) is 1. The van der Waals surface area contributed by atoms with Crippen molar-refractivity contribution in [2.75, 3.05) is 24.2 Å². The monoisotopic (exact) mass is 390 g/mol. The minimum Gasteiger partial charge on any atom is -0.465 e. The molecule has 0 radical (unpaired) electrons. The van der Waals surface area contributed by atoms with Crippen molar-refractivity contribution >= 4 is 27.6 Å². The van der Waals surface area contributed by atoms with Crippen LogP contribution in [0.15, 0.2) is 54.6 Å². The number of methoxy groups -OCH3 is 1. The third-order valence-corrected chi connectivity index (χ3v) is 5.07. The van der Waals surface area contributed by atoms with Crippen LogP contribution < -0.4 is 9.62 Å². The second-order valence-electron chi connectivity index (χ2n) is 5.98. The minimum atomic E-state index is -3.81. The lowest BCUT2D eigenvalue weighted by atomic mass is 10.1. The predicted molar refractivity (Wildman–Crippen MR) is 103 cm³/mol. The number of anilines is 1. The van der Waals surface area contributed by atoms with E-state index in [2.05, 4.69) is 5.32 Å². The molecule has 1 amide bonds. The quantitative estimate of drug-likeness (QED) is 0.731. The summed E-state index contributed by atoms with van der Waals surface area (Å²) in [6.45, 7) is 1.35. The van der Waals surface area contributed by atoms with Crippen LogP contribution in [0.3, 0.4) is 0 Å². The average Bonchev–Trinajstić information content (AvgIpc) is 2.65. The van der Waals surface area contributed by atoms with Crippen molar-refractivity contribution in [3.8, 4) is 0 Å². The summed E-state index contributed by atoms with van der Waals surface area (Å²) < 4.78 is 30.2. The molecule has 2 rings (SSSR count). The number of nitrogens with zero attached hydrogens (tertiary/aromatic N) is 1. The van der Waals surface area contributed by atoms with Crippen LogP contribution in [0.4, 0.5) is 5.69 Å². The van der Waals surface area contributed by atoms with Crippen LogP contribution >= 0.6 is 0 Å². The number of benzene rings is 2. The maximum Gasteiger partial charge on any atom is 0.340 e. The first-order chi connectivity index (χ1) is 12.7. The number of amides is 1. The molecule has 0 aliphatic rings. The number of esters is 1. The number of ether oxygens (including phenoxy) is 1. The molecule has 0 fully saturated rings. The molecule has 27 heavy (non-hydrogen) atoms. The molecule has 0 spiro atoms. The Bertz CT molecular complexity index is 913. The molecule has 1 atom stereocenters. The number of rotatable bonds is 7. The second kappa shape index (κ2) is 8.68. The Morgan fingerprint density at radius 3 is 2.26 bits per heavy atom. The fourth-order valence-corrected chi connectivity index (χ4v) is 3.47. The Balaban J connectivity index is 2.26. The van der Waals surface area contributed by atoms with E-state index in [0.29, 0.717) is 0 Å². The summed E-state index contributed by atoms with van der Waals surface area (Å²) in [5.41, 5.74) is 1.05. The molecule has 8 heteroatoms. The molecular weight excluding hydrogens is 368 g/mol. The normalized spacial score (nSPS) is 12.1. The summed E-state index contributed by atoms with van der Waals surface area (Å²) in [6, 6.07) is 15.1. The highest BCUT2D eigenvalue weighted by Crippen LogP contribution is 2.23. The van der Waals surface area contributed by atoms with Crippen LogP contribution in [0.2, 0.25) is 0 Å². The van der Waals surface area contributed by atoms with Gasteiger partial charge in [-0.2, -0.15) is 0 Å². The van der Waals surface area contributed by atoms with E-state index in [1.165, 1.54) is 19.2 Å². The summed E-state index contributed by atoms with van der Waals surface area (Å²) >= 11 is 0. The zero-order chi connectivity index (χ0) is 20.0. The van der Waals surface area contributed by atoms with Crippen molar-refractivity contribution in [3.63, 3.8) is 0 Å². The molecule has 7 nitrogen and oxygen atoms in total. The highest BCUT2D eigenvalue weighted by atomic mass is 32.2. The molecule has 1 N–H and O–H groups in total. The van der Waals surface area contributed by atoms with Crippen LogP contribution in [0.1, 0.15) is 28.9 Å². The molecule has 1 unspecified atom stereocenters. The van der Waals surface area contributed by atoms with Gasteiger partial charge in [-0.1, -0.05) is 42.5 Å². The third-order valence-electron chi connectivity index (χ3n) is 3.94. The van der Waals surface area contributed by atoms with Gasteiger partial charge in [0.05, 0.1) is 30.7 Å². The van der Waals surface area contributed by atoms with Gasteiger partial charge in [-0.15, -0.1) is 0 Å². The lowest BCUT2D eigenvalue weighted by molar-refractivity contribution is -0.120. The van der Waals surface area contributed by atoms with Gasteiger partial charge in [-0.3, -0.25) is 9.10 Å². The number of hydrogen-bond acceptors (Lipinski definition) is 5. The Hall–Kier alpha value is -2.87. The smallest absolute Gasteiger partial charge is 0.340 e. The lowest BCUT2D eigenvalue weighted by Gasteiger charge is -2.24. The van der Waals surface area contributed by atoms with E-state index in [4.69, 9.17) is 4.74 Å². The van der Waals surface area contributed by atoms with Crippen molar-refractivity contribution in [3.05, 3.63) is 65.7 Å². The molecule has 0 saturated carbocycles. The molecule has 0 heterocycles. The third kappa shape index (κ3) is 5.30. The fraction of sp³-hybridized carbons (Fsp3) is 0.263. The molecule has 0 aromatic heterocycles. The first kappa shape index (κ1) is 20.4. The van der Waals surface area contributed by atoms with E-state index in [0.717, 1.165) is 16.1 Å². The number of carbonyl (C=O) groups is 2. The van der Waals surface area contributed by atoms with Crippen molar-refractivity contribution in [2.24, 2.45) is 0 Å². The van der Waals surface area contributed by atoms with E-state index < -0.39 is 28.4 Å². The lowest BCUT2D eigenvalue weighted by Crippen LogP contribution is -2.41.